The topological polar surface area (TPSA) is 79.1 Å². The fourth-order valence-corrected chi connectivity index (χ4v) is 3.44. The summed E-state index contributed by atoms with van der Waals surface area (Å²) in [5, 5.41) is 17.4. The summed E-state index contributed by atoms with van der Waals surface area (Å²) in [6, 6.07) is 2.02. The SMILES string of the molecule is Cn1cc([C@@H]2CN(c3cc(NCC4CC4)ncn3)C[C@H]2CO)cn1. The highest BCUT2D eigenvalue weighted by atomic mass is 16.3. The molecule has 0 bridgehead atoms. The Labute approximate surface area is 141 Å². The summed E-state index contributed by atoms with van der Waals surface area (Å²) in [4.78, 5) is 11.0. The second-order valence-electron chi connectivity index (χ2n) is 6.99. The highest BCUT2D eigenvalue weighted by Crippen LogP contribution is 2.35. The van der Waals surface area contributed by atoms with Crippen LogP contribution in [0.1, 0.15) is 24.3 Å². The lowest BCUT2D eigenvalue weighted by molar-refractivity contribution is 0.227. The number of aliphatic hydroxyl groups excluding tert-OH is 1. The second kappa shape index (κ2) is 6.39. The molecule has 1 saturated carbocycles. The predicted octanol–water partition coefficient (Wildman–Crippen LogP) is 1.24. The molecule has 128 valence electrons. The zero-order valence-corrected chi connectivity index (χ0v) is 14.0. The van der Waals surface area contributed by atoms with E-state index in [2.05, 4.69) is 25.3 Å². The van der Waals surface area contributed by atoms with Gasteiger partial charge in [0.05, 0.1) is 6.20 Å². The lowest BCUT2D eigenvalue weighted by atomic mass is 9.92. The monoisotopic (exact) mass is 328 g/mol. The van der Waals surface area contributed by atoms with Crippen LogP contribution in [0.3, 0.4) is 0 Å². The molecule has 0 spiro atoms. The van der Waals surface area contributed by atoms with Crippen LogP contribution < -0.4 is 10.2 Å². The molecule has 0 aromatic carbocycles. The number of hydrogen-bond donors (Lipinski definition) is 2. The van der Waals surface area contributed by atoms with Crippen LogP contribution in [0.25, 0.3) is 0 Å². The van der Waals surface area contributed by atoms with Crippen molar-refractivity contribution in [2.75, 3.05) is 36.5 Å². The van der Waals surface area contributed by atoms with Crippen LogP contribution in [0.4, 0.5) is 11.6 Å². The Morgan fingerprint density at radius 2 is 2.17 bits per heavy atom. The van der Waals surface area contributed by atoms with Crippen LogP contribution in [0.2, 0.25) is 0 Å². The van der Waals surface area contributed by atoms with E-state index in [1.54, 1.807) is 6.33 Å². The van der Waals surface area contributed by atoms with Crippen molar-refractivity contribution in [3.8, 4) is 0 Å². The Kier molecular flexibility index (Phi) is 4.10. The first-order valence-electron chi connectivity index (χ1n) is 8.63. The van der Waals surface area contributed by atoms with Crippen LogP contribution in [0, 0.1) is 11.8 Å². The minimum absolute atomic E-state index is 0.175. The standard InChI is InChI=1S/C17H24N6O/c1-22-7-13(6-21-22)15-9-23(8-14(15)10-24)17-4-16(19-11-20-17)18-5-12-2-3-12/h4,6-7,11-12,14-15,24H,2-3,5,8-10H2,1H3,(H,18,19,20)/t14-,15-/m0/s1. The number of nitrogens with one attached hydrogen (secondary N) is 1. The number of aryl methyl sites for hydroxylation is 1. The Hall–Kier alpha value is -2.15. The third kappa shape index (κ3) is 3.21. The molecule has 0 radical (unpaired) electrons. The Morgan fingerprint density at radius 1 is 1.29 bits per heavy atom. The number of rotatable bonds is 6. The van der Waals surface area contributed by atoms with Crippen LogP contribution in [-0.4, -0.2) is 51.1 Å². The first-order valence-corrected chi connectivity index (χ1v) is 8.63. The molecule has 24 heavy (non-hydrogen) atoms. The van der Waals surface area contributed by atoms with Crippen molar-refractivity contribution in [1.29, 1.82) is 0 Å². The fraction of sp³-hybridized carbons (Fsp3) is 0.588. The molecule has 2 atom stereocenters. The van der Waals surface area contributed by atoms with Crippen molar-refractivity contribution < 1.29 is 5.11 Å². The van der Waals surface area contributed by atoms with Crippen LogP contribution in [0.15, 0.2) is 24.8 Å². The van der Waals surface area contributed by atoms with Gasteiger partial charge < -0.3 is 15.3 Å². The predicted molar refractivity (Wildman–Crippen MR) is 92.0 cm³/mol. The summed E-state index contributed by atoms with van der Waals surface area (Å²) in [7, 11) is 1.92. The summed E-state index contributed by atoms with van der Waals surface area (Å²) >= 11 is 0. The van der Waals surface area contributed by atoms with E-state index in [0.29, 0.717) is 0 Å². The number of hydrogen-bond acceptors (Lipinski definition) is 6. The molecule has 2 aromatic rings. The van der Waals surface area contributed by atoms with Gasteiger partial charge in [-0.05, 0) is 24.3 Å². The average Bonchev–Trinajstić information content (AvgIpc) is 3.17. The highest BCUT2D eigenvalue weighted by Gasteiger charge is 2.35. The lowest BCUT2D eigenvalue weighted by Crippen LogP contribution is -2.22. The van der Waals surface area contributed by atoms with Crippen molar-refractivity contribution in [2.45, 2.75) is 18.8 Å². The van der Waals surface area contributed by atoms with E-state index >= 15 is 0 Å². The van der Waals surface area contributed by atoms with Gasteiger partial charge in [0.1, 0.15) is 18.0 Å². The summed E-state index contributed by atoms with van der Waals surface area (Å²) in [5.41, 5.74) is 1.18. The third-order valence-electron chi connectivity index (χ3n) is 5.07. The van der Waals surface area contributed by atoms with Gasteiger partial charge >= 0.3 is 0 Å². The zero-order valence-electron chi connectivity index (χ0n) is 14.0. The summed E-state index contributed by atoms with van der Waals surface area (Å²) < 4.78 is 1.82. The average molecular weight is 328 g/mol. The van der Waals surface area contributed by atoms with Gasteiger partial charge in [0, 0.05) is 57.4 Å². The van der Waals surface area contributed by atoms with Crippen LogP contribution >= 0.6 is 0 Å². The van der Waals surface area contributed by atoms with Crippen molar-refractivity contribution in [2.24, 2.45) is 18.9 Å². The largest absolute Gasteiger partial charge is 0.396 e. The Morgan fingerprint density at radius 3 is 2.88 bits per heavy atom. The quantitative estimate of drug-likeness (QED) is 0.831. The summed E-state index contributed by atoms with van der Waals surface area (Å²) in [6.45, 7) is 2.81. The van der Waals surface area contributed by atoms with E-state index in [-0.39, 0.29) is 18.4 Å². The molecule has 7 heteroatoms. The maximum absolute atomic E-state index is 9.78. The molecule has 2 N–H and O–H groups in total. The number of aliphatic hydroxyl groups is 1. The number of anilines is 2. The fourth-order valence-electron chi connectivity index (χ4n) is 3.44. The molecule has 4 rings (SSSR count). The number of aromatic nitrogens is 4. The normalized spacial score (nSPS) is 23.7. The van der Waals surface area contributed by atoms with Crippen molar-refractivity contribution >= 4 is 11.6 Å². The van der Waals surface area contributed by atoms with Gasteiger partial charge in [-0.3, -0.25) is 4.68 Å². The molecule has 1 aliphatic carbocycles. The maximum Gasteiger partial charge on any atom is 0.134 e. The Bertz CT molecular complexity index is 698. The van der Waals surface area contributed by atoms with Crippen LogP contribution in [-0.2, 0) is 7.05 Å². The summed E-state index contributed by atoms with van der Waals surface area (Å²) in [6.07, 6.45) is 8.21. The van der Waals surface area contributed by atoms with E-state index in [1.807, 2.05) is 30.2 Å². The smallest absolute Gasteiger partial charge is 0.134 e. The van der Waals surface area contributed by atoms with Gasteiger partial charge in [0.2, 0.25) is 0 Å². The molecule has 0 amide bonds. The lowest BCUT2D eigenvalue weighted by Gasteiger charge is -2.17. The molecule has 1 aliphatic heterocycles. The molecular formula is C17H24N6O. The molecule has 7 nitrogen and oxygen atoms in total. The van der Waals surface area contributed by atoms with E-state index in [9.17, 15) is 5.11 Å². The van der Waals surface area contributed by atoms with Gasteiger partial charge in [-0.25, -0.2) is 9.97 Å². The minimum Gasteiger partial charge on any atom is -0.396 e. The van der Waals surface area contributed by atoms with E-state index in [1.165, 1.54) is 18.4 Å². The van der Waals surface area contributed by atoms with Gasteiger partial charge in [0.15, 0.2) is 0 Å². The number of nitrogens with zero attached hydrogens (tertiary/aromatic N) is 5. The second-order valence-corrected chi connectivity index (χ2v) is 6.99. The van der Waals surface area contributed by atoms with E-state index in [4.69, 9.17) is 0 Å². The van der Waals surface area contributed by atoms with Gasteiger partial charge in [-0.15, -0.1) is 0 Å². The zero-order chi connectivity index (χ0) is 16.5. The van der Waals surface area contributed by atoms with Crippen molar-refractivity contribution in [3.05, 3.63) is 30.4 Å². The molecule has 0 unspecified atom stereocenters. The maximum atomic E-state index is 9.78. The molecule has 2 aliphatic rings. The van der Waals surface area contributed by atoms with Gasteiger partial charge in [-0.2, -0.15) is 5.10 Å². The first-order chi connectivity index (χ1) is 11.7. The van der Waals surface area contributed by atoms with Crippen molar-refractivity contribution in [1.82, 2.24) is 19.7 Å². The van der Waals surface area contributed by atoms with Crippen molar-refractivity contribution in [3.63, 3.8) is 0 Å². The molecule has 1 saturated heterocycles. The van der Waals surface area contributed by atoms with E-state index < -0.39 is 0 Å². The van der Waals surface area contributed by atoms with E-state index in [0.717, 1.165) is 37.2 Å². The molecule has 3 heterocycles. The highest BCUT2D eigenvalue weighted by molar-refractivity contribution is 5.50. The van der Waals surface area contributed by atoms with Gasteiger partial charge in [-0.1, -0.05) is 0 Å². The molecule has 2 aromatic heterocycles. The third-order valence-corrected chi connectivity index (χ3v) is 5.07. The summed E-state index contributed by atoms with van der Waals surface area (Å²) in [5.74, 6) is 3.10. The van der Waals surface area contributed by atoms with Crippen LogP contribution in [0.5, 0.6) is 0 Å². The minimum atomic E-state index is 0.175. The van der Waals surface area contributed by atoms with Gasteiger partial charge in [0.25, 0.3) is 0 Å². The Balaban J connectivity index is 1.48. The molecule has 2 fully saturated rings. The molecular weight excluding hydrogens is 304 g/mol. The first kappa shape index (κ1) is 15.4.